The van der Waals surface area contributed by atoms with Gasteiger partial charge in [0.05, 0.1) is 6.04 Å². The molecule has 0 amide bonds. The van der Waals surface area contributed by atoms with Gasteiger partial charge in [-0.05, 0) is 40.4 Å². The molecule has 110 valence electrons. The van der Waals surface area contributed by atoms with Gasteiger partial charge in [-0.2, -0.15) is 0 Å². The second-order valence-corrected chi connectivity index (χ2v) is 5.60. The van der Waals surface area contributed by atoms with Crippen molar-refractivity contribution in [3.8, 4) is 0 Å². The van der Waals surface area contributed by atoms with E-state index in [-0.39, 0.29) is 11.9 Å². The SMILES string of the molecule is Cn1cnc([N+](=O)[O-])c1N1CCC[C@@H]1c1ccc(Cl)cc1. The number of benzene rings is 1. The second kappa shape index (κ2) is 5.37. The molecule has 1 aromatic heterocycles. The molecule has 1 aromatic carbocycles. The smallest absolute Gasteiger partial charge is 0.358 e. The van der Waals surface area contributed by atoms with Gasteiger partial charge in [0.1, 0.15) is 0 Å². The zero-order valence-electron chi connectivity index (χ0n) is 11.6. The predicted molar refractivity (Wildman–Crippen MR) is 80.6 cm³/mol. The minimum atomic E-state index is -0.424. The van der Waals surface area contributed by atoms with Gasteiger partial charge in [-0.1, -0.05) is 23.7 Å². The summed E-state index contributed by atoms with van der Waals surface area (Å²) in [6.45, 7) is 0.785. The fraction of sp³-hybridized carbons (Fsp3) is 0.357. The molecule has 21 heavy (non-hydrogen) atoms. The minimum absolute atomic E-state index is 0.0848. The van der Waals surface area contributed by atoms with Gasteiger partial charge >= 0.3 is 5.82 Å². The lowest BCUT2D eigenvalue weighted by Gasteiger charge is -2.26. The van der Waals surface area contributed by atoms with Crippen LogP contribution in [0, 0.1) is 10.1 Å². The number of hydrogen-bond acceptors (Lipinski definition) is 4. The molecule has 0 radical (unpaired) electrons. The van der Waals surface area contributed by atoms with Crippen LogP contribution in [0.3, 0.4) is 0 Å². The highest BCUT2D eigenvalue weighted by Gasteiger charge is 2.34. The maximum atomic E-state index is 11.2. The molecule has 1 aliphatic heterocycles. The largest absolute Gasteiger partial charge is 0.406 e. The Morgan fingerprint density at radius 2 is 2.10 bits per heavy atom. The molecule has 1 fully saturated rings. The molecule has 0 saturated carbocycles. The molecule has 7 heteroatoms. The van der Waals surface area contributed by atoms with Crippen molar-refractivity contribution in [3.05, 3.63) is 51.3 Å². The van der Waals surface area contributed by atoms with Crippen molar-refractivity contribution in [1.29, 1.82) is 0 Å². The fourth-order valence-corrected chi connectivity index (χ4v) is 3.05. The van der Waals surface area contributed by atoms with Crippen molar-refractivity contribution in [2.24, 2.45) is 7.05 Å². The molecule has 1 aliphatic rings. The summed E-state index contributed by atoms with van der Waals surface area (Å²) in [5.41, 5.74) is 1.12. The third-order valence-electron chi connectivity index (χ3n) is 3.84. The zero-order valence-corrected chi connectivity index (χ0v) is 12.3. The van der Waals surface area contributed by atoms with Crippen LogP contribution in [0.5, 0.6) is 0 Å². The van der Waals surface area contributed by atoms with E-state index in [0.29, 0.717) is 10.8 Å². The minimum Gasteiger partial charge on any atom is -0.358 e. The molecule has 3 rings (SSSR count). The Morgan fingerprint density at radius 1 is 1.38 bits per heavy atom. The van der Waals surface area contributed by atoms with Crippen LogP contribution in [-0.4, -0.2) is 21.0 Å². The lowest BCUT2D eigenvalue weighted by atomic mass is 10.0. The Hall–Kier alpha value is -2.08. The van der Waals surface area contributed by atoms with Crippen LogP contribution in [0.2, 0.25) is 5.02 Å². The maximum absolute atomic E-state index is 11.2. The lowest BCUT2D eigenvalue weighted by molar-refractivity contribution is -0.388. The number of imidazole rings is 1. The summed E-state index contributed by atoms with van der Waals surface area (Å²) >= 11 is 5.93. The van der Waals surface area contributed by atoms with Crippen LogP contribution in [0.25, 0.3) is 0 Å². The topological polar surface area (TPSA) is 64.2 Å². The van der Waals surface area contributed by atoms with Gasteiger partial charge in [0.2, 0.25) is 12.1 Å². The molecule has 0 spiro atoms. The first kappa shape index (κ1) is 13.9. The van der Waals surface area contributed by atoms with Crippen molar-refractivity contribution in [3.63, 3.8) is 0 Å². The Labute approximate surface area is 127 Å². The number of aromatic nitrogens is 2. The number of anilines is 1. The van der Waals surface area contributed by atoms with E-state index < -0.39 is 4.92 Å². The molecule has 0 aliphatic carbocycles. The Kier molecular flexibility index (Phi) is 3.55. The number of hydrogen-bond donors (Lipinski definition) is 0. The Morgan fingerprint density at radius 3 is 2.76 bits per heavy atom. The van der Waals surface area contributed by atoms with Gasteiger partial charge in [-0.25, -0.2) is 0 Å². The van der Waals surface area contributed by atoms with E-state index in [0.717, 1.165) is 24.9 Å². The first-order valence-corrected chi connectivity index (χ1v) is 7.13. The summed E-state index contributed by atoms with van der Waals surface area (Å²) in [5.74, 6) is 0.482. The van der Waals surface area contributed by atoms with Crippen molar-refractivity contribution < 1.29 is 4.92 Å². The van der Waals surface area contributed by atoms with E-state index in [1.807, 2.05) is 24.3 Å². The van der Waals surface area contributed by atoms with E-state index in [9.17, 15) is 10.1 Å². The highest BCUT2D eigenvalue weighted by Crippen LogP contribution is 2.39. The van der Waals surface area contributed by atoms with Crippen molar-refractivity contribution in [1.82, 2.24) is 9.55 Å². The van der Waals surface area contributed by atoms with Crippen LogP contribution < -0.4 is 4.90 Å². The molecular formula is C14H15ClN4O2. The third-order valence-corrected chi connectivity index (χ3v) is 4.09. The van der Waals surface area contributed by atoms with Gasteiger partial charge in [0.25, 0.3) is 0 Å². The summed E-state index contributed by atoms with van der Waals surface area (Å²) in [7, 11) is 1.78. The van der Waals surface area contributed by atoms with Crippen LogP contribution >= 0.6 is 11.6 Å². The molecule has 0 bridgehead atoms. The quantitative estimate of drug-likeness (QED) is 0.644. The van der Waals surface area contributed by atoms with E-state index >= 15 is 0 Å². The van der Waals surface area contributed by atoms with Crippen molar-refractivity contribution >= 4 is 23.2 Å². The summed E-state index contributed by atoms with van der Waals surface area (Å²) in [4.78, 5) is 16.7. The monoisotopic (exact) mass is 306 g/mol. The predicted octanol–water partition coefficient (Wildman–Crippen LogP) is 3.32. The number of aryl methyl sites for hydroxylation is 1. The van der Waals surface area contributed by atoms with Crippen LogP contribution in [-0.2, 0) is 7.05 Å². The molecule has 2 heterocycles. The van der Waals surface area contributed by atoms with Crippen molar-refractivity contribution in [2.45, 2.75) is 18.9 Å². The highest BCUT2D eigenvalue weighted by molar-refractivity contribution is 6.30. The van der Waals surface area contributed by atoms with Gasteiger partial charge in [0, 0.05) is 18.6 Å². The number of nitrogens with zero attached hydrogens (tertiary/aromatic N) is 4. The number of halogens is 1. The molecule has 0 unspecified atom stereocenters. The standard InChI is InChI=1S/C14H15ClN4O2/c1-17-9-16-13(19(20)21)14(17)18-8-2-3-12(18)10-4-6-11(15)7-5-10/h4-7,9,12H,2-3,8H2,1H3/t12-/m1/s1. The molecule has 0 N–H and O–H groups in total. The summed E-state index contributed by atoms with van der Waals surface area (Å²) in [6, 6.07) is 7.79. The van der Waals surface area contributed by atoms with E-state index in [2.05, 4.69) is 9.88 Å². The third kappa shape index (κ3) is 2.47. The zero-order chi connectivity index (χ0) is 15.0. The average Bonchev–Trinajstić information content (AvgIpc) is 3.05. The maximum Gasteiger partial charge on any atom is 0.406 e. The van der Waals surface area contributed by atoms with Crippen molar-refractivity contribution in [2.75, 3.05) is 11.4 Å². The molecular weight excluding hydrogens is 292 g/mol. The van der Waals surface area contributed by atoms with Crippen LogP contribution in [0.1, 0.15) is 24.4 Å². The van der Waals surface area contributed by atoms with E-state index in [1.165, 1.54) is 6.33 Å². The van der Waals surface area contributed by atoms with E-state index in [1.54, 1.807) is 11.6 Å². The first-order chi connectivity index (χ1) is 10.1. The van der Waals surface area contributed by atoms with Gasteiger partial charge < -0.3 is 15.0 Å². The van der Waals surface area contributed by atoms with Crippen LogP contribution in [0.4, 0.5) is 11.6 Å². The molecule has 6 nitrogen and oxygen atoms in total. The average molecular weight is 307 g/mol. The number of rotatable bonds is 3. The first-order valence-electron chi connectivity index (χ1n) is 6.75. The summed E-state index contributed by atoms with van der Waals surface area (Å²) in [5, 5.41) is 11.9. The normalized spacial score (nSPS) is 18.2. The van der Waals surface area contributed by atoms with Gasteiger partial charge in [0.15, 0.2) is 0 Å². The Balaban J connectivity index is 2.00. The lowest BCUT2D eigenvalue weighted by Crippen LogP contribution is -2.25. The second-order valence-electron chi connectivity index (χ2n) is 5.16. The molecule has 2 aromatic rings. The summed E-state index contributed by atoms with van der Waals surface area (Å²) in [6.07, 6.45) is 3.45. The number of nitro groups is 1. The fourth-order valence-electron chi connectivity index (χ4n) is 2.92. The highest BCUT2D eigenvalue weighted by atomic mass is 35.5. The Bertz CT molecular complexity index is 668. The molecule has 1 saturated heterocycles. The molecule has 1 atom stereocenters. The van der Waals surface area contributed by atoms with Gasteiger partial charge in [-0.15, -0.1) is 0 Å². The van der Waals surface area contributed by atoms with Crippen LogP contribution in [0.15, 0.2) is 30.6 Å². The van der Waals surface area contributed by atoms with Gasteiger partial charge in [-0.3, -0.25) is 4.57 Å². The summed E-state index contributed by atoms with van der Waals surface area (Å²) < 4.78 is 1.71. The van der Waals surface area contributed by atoms with E-state index in [4.69, 9.17) is 11.6 Å².